The van der Waals surface area contributed by atoms with Crippen molar-refractivity contribution in [3.8, 4) is 17.1 Å². The number of carboxylic acids is 2. The number of allylic oxidation sites excluding steroid dienone is 1. The van der Waals surface area contributed by atoms with E-state index in [0.29, 0.717) is 36.2 Å². The molecule has 1 aliphatic carbocycles. The number of rotatable bonds is 12. The summed E-state index contributed by atoms with van der Waals surface area (Å²) in [4.78, 5) is 95.7. The first-order chi connectivity index (χ1) is 28.4. The van der Waals surface area contributed by atoms with Crippen molar-refractivity contribution < 1.29 is 58.3 Å². The van der Waals surface area contributed by atoms with Crippen molar-refractivity contribution in [2.75, 3.05) is 27.2 Å². The molecule has 3 amide bonds. The van der Waals surface area contributed by atoms with E-state index in [2.05, 4.69) is 5.32 Å². The zero-order chi connectivity index (χ0) is 43.7. The highest BCUT2D eigenvalue weighted by Gasteiger charge is 2.45. The van der Waals surface area contributed by atoms with Crippen LogP contribution in [0, 0.1) is 5.41 Å². The van der Waals surface area contributed by atoms with Crippen LogP contribution in [0.4, 0.5) is 9.59 Å². The normalized spacial score (nSPS) is 21.5. The number of likely N-dealkylation sites (N-methyl/N-ethyl adjacent to an activating group) is 2. The van der Waals surface area contributed by atoms with Gasteiger partial charge < -0.3 is 49.2 Å². The van der Waals surface area contributed by atoms with Gasteiger partial charge in [0.15, 0.2) is 5.60 Å². The molecule has 18 heteroatoms. The zero-order valence-corrected chi connectivity index (χ0v) is 34.1. The van der Waals surface area contributed by atoms with Crippen LogP contribution in [-0.2, 0) is 53.8 Å². The smallest absolute Gasteiger partial charge is 0.415 e. The Morgan fingerprint density at radius 3 is 2.42 bits per heavy atom. The number of carbonyl (C=O) groups is 6. The van der Waals surface area contributed by atoms with Gasteiger partial charge in [-0.2, -0.15) is 0 Å². The number of pyridine rings is 2. The number of esters is 1. The third-order valence-electron chi connectivity index (χ3n) is 11.7. The first-order valence-electron chi connectivity index (χ1n) is 19.8. The molecule has 320 valence electrons. The molecule has 3 aliphatic rings. The van der Waals surface area contributed by atoms with E-state index in [0.717, 1.165) is 16.5 Å². The highest BCUT2D eigenvalue weighted by atomic mass is 16.6. The lowest BCUT2D eigenvalue weighted by molar-refractivity contribution is -0.172. The van der Waals surface area contributed by atoms with Crippen LogP contribution < -0.4 is 15.6 Å². The molecule has 6 rings (SSSR count). The van der Waals surface area contributed by atoms with Crippen LogP contribution in [-0.4, -0.2) is 110 Å². The number of fused-ring (bicyclic) bond motifs is 5. The second-order valence-electron chi connectivity index (χ2n) is 15.7. The third kappa shape index (κ3) is 8.41. The van der Waals surface area contributed by atoms with Crippen LogP contribution >= 0.6 is 0 Å². The quantitative estimate of drug-likeness (QED) is 0.118. The Kier molecular flexibility index (Phi) is 12.4. The predicted octanol–water partition coefficient (Wildman–Crippen LogP) is 3.69. The molecule has 0 saturated carbocycles. The van der Waals surface area contributed by atoms with Gasteiger partial charge in [-0.3, -0.25) is 14.4 Å². The van der Waals surface area contributed by atoms with Crippen LogP contribution in [0.3, 0.4) is 0 Å². The van der Waals surface area contributed by atoms with Gasteiger partial charge in [0.2, 0.25) is 5.91 Å². The van der Waals surface area contributed by atoms with Crippen LogP contribution in [0.15, 0.2) is 41.2 Å². The number of benzene rings is 1. The lowest BCUT2D eigenvalue weighted by atomic mass is 9.77. The number of amides is 3. The van der Waals surface area contributed by atoms with Crippen molar-refractivity contribution in [3.63, 3.8) is 0 Å². The Balaban J connectivity index is 1.07. The monoisotopic (exact) mass is 831 g/mol. The Morgan fingerprint density at radius 2 is 1.75 bits per heavy atom. The summed E-state index contributed by atoms with van der Waals surface area (Å²) in [5, 5.41) is 32.7. The summed E-state index contributed by atoms with van der Waals surface area (Å²) < 4.78 is 18.2. The number of nitrogens with zero attached hydrogens (tertiary/aromatic N) is 4. The molecule has 2 aliphatic heterocycles. The molecule has 60 heavy (non-hydrogen) atoms. The van der Waals surface area contributed by atoms with Gasteiger partial charge in [0.05, 0.1) is 35.4 Å². The number of carboxylic acid groups (broad SMARTS) is 2. The molecule has 4 heterocycles. The summed E-state index contributed by atoms with van der Waals surface area (Å²) in [7, 11) is 3.04. The SMILES string of the molecule is CCc1c2c(nc3ccc(OC(=O)N(C)CCN(C)C(=O)O[C@H]4/C=C/CC[C@@](C)(C(=O)N[C@@H](CC(=O)O)C(=O)O)CC4)cc13)-c1cc3c(c(=O)n1C2)COC(=O)[C@]3(O)CC. The molecule has 0 radical (unpaired) electrons. The van der Waals surface area contributed by atoms with Crippen LogP contribution in [0.1, 0.15) is 81.5 Å². The Morgan fingerprint density at radius 1 is 1.03 bits per heavy atom. The number of aliphatic hydroxyl groups is 1. The molecule has 18 nitrogen and oxygen atoms in total. The molecule has 1 aromatic carbocycles. The molecule has 0 unspecified atom stereocenters. The minimum absolute atomic E-state index is 0.0316. The molecule has 0 fully saturated rings. The topological polar surface area (TPSA) is 244 Å². The average molecular weight is 832 g/mol. The highest BCUT2D eigenvalue weighted by Crippen LogP contribution is 2.41. The summed E-state index contributed by atoms with van der Waals surface area (Å²) in [6.07, 6.45) is 2.61. The number of carbonyl (C=O) groups excluding carboxylic acids is 4. The van der Waals surface area contributed by atoms with Crippen molar-refractivity contribution >= 4 is 46.9 Å². The Labute approximate surface area is 344 Å². The first-order valence-corrected chi connectivity index (χ1v) is 19.8. The van der Waals surface area contributed by atoms with Gasteiger partial charge in [-0.15, -0.1) is 0 Å². The van der Waals surface area contributed by atoms with E-state index in [1.807, 2.05) is 6.92 Å². The fraction of sp³-hybridized carbons (Fsp3) is 0.476. The fourth-order valence-electron chi connectivity index (χ4n) is 7.85. The van der Waals surface area contributed by atoms with Crippen molar-refractivity contribution in [2.45, 2.75) is 96.6 Å². The van der Waals surface area contributed by atoms with E-state index in [1.165, 1.54) is 23.9 Å². The van der Waals surface area contributed by atoms with E-state index in [1.54, 1.807) is 54.8 Å². The summed E-state index contributed by atoms with van der Waals surface area (Å²) in [6, 6.07) is 5.12. The van der Waals surface area contributed by atoms with E-state index in [-0.39, 0.29) is 67.9 Å². The second-order valence-corrected chi connectivity index (χ2v) is 15.7. The predicted molar refractivity (Wildman–Crippen MR) is 213 cm³/mol. The number of aromatic nitrogens is 2. The van der Waals surface area contributed by atoms with Gasteiger partial charge in [0.1, 0.15) is 24.5 Å². The van der Waals surface area contributed by atoms with Gasteiger partial charge in [-0.05, 0) is 74.4 Å². The van der Waals surface area contributed by atoms with Gasteiger partial charge in [0, 0.05) is 49.1 Å². The number of nitrogens with one attached hydrogen (secondary N) is 1. The largest absolute Gasteiger partial charge is 0.481 e. The van der Waals surface area contributed by atoms with Crippen LogP contribution in [0.5, 0.6) is 5.75 Å². The van der Waals surface area contributed by atoms with E-state index >= 15 is 0 Å². The Hall–Kier alpha value is -6.30. The van der Waals surface area contributed by atoms with E-state index in [9.17, 15) is 43.8 Å². The maximum Gasteiger partial charge on any atom is 0.415 e. The number of ether oxygens (including phenoxy) is 3. The van der Waals surface area contributed by atoms with Crippen molar-refractivity contribution in [2.24, 2.45) is 5.41 Å². The zero-order valence-electron chi connectivity index (χ0n) is 34.1. The molecule has 0 saturated heterocycles. The Bertz CT molecular complexity index is 2360. The van der Waals surface area contributed by atoms with Crippen LogP contribution in [0.25, 0.3) is 22.3 Å². The molecule has 4 atom stereocenters. The average Bonchev–Trinajstić information content (AvgIpc) is 3.57. The summed E-state index contributed by atoms with van der Waals surface area (Å²) >= 11 is 0. The second kappa shape index (κ2) is 17.1. The summed E-state index contributed by atoms with van der Waals surface area (Å²) in [5.41, 5.74) is 0.493. The number of aliphatic carboxylic acids is 2. The molecule has 0 bridgehead atoms. The fourth-order valence-corrected chi connectivity index (χ4v) is 7.85. The maximum atomic E-state index is 13.7. The first kappa shape index (κ1) is 43.3. The van der Waals surface area contributed by atoms with Crippen LogP contribution in [0.2, 0.25) is 0 Å². The van der Waals surface area contributed by atoms with E-state index in [4.69, 9.17) is 24.3 Å². The van der Waals surface area contributed by atoms with Crippen molar-refractivity contribution in [3.05, 3.63) is 69.0 Å². The van der Waals surface area contributed by atoms with Gasteiger partial charge in [-0.25, -0.2) is 24.2 Å². The molecule has 3 aromatic rings. The molecular formula is C42H49N5O13. The van der Waals surface area contributed by atoms with Gasteiger partial charge in [-0.1, -0.05) is 26.8 Å². The number of aryl methyl sites for hydroxylation is 1. The summed E-state index contributed by atoms with van der Waals surface area (Å²) in [6.45, 7) is 5.45. The standard InChI is InChI=1S/C42H49N5O13/c1-6-25-26-18-24(11-12-30(26)43-34-27(25)21-47-32(34)19-29-28(35(47)50)22-58-38(54)42(29,57)7-2)60-40(56)46(5)17-16-45(4)39(55)59-23-10-8-9-14-41(3,15-13-23)37(53)44-31(36(51)52)20-33(48)49/h8,10-12,18-19,23,31,57H,6-7,9,13-17,20-22H2,1-5H3,(H,44,53)(H,48,49)(H,51,52)/b10-8+/t23-,31-,41+,42-/m0/s1. The lowest BCUT2D eigenvalue weighted by Crippen LogP contribution is -2.48. The molecule has 0 spiro atoms. The van der Waals surface area contributed by atoms with E-state index < -0.39 is 65.6 Å². The molecule has 4 N–H and O–H groups in total. The minimum atomic E-state index is -1.94. The highest BCUT2D eigenvalue weighted by molar-refractivity contribution is 5.91. The number of hydrogen-bond acceptors (Lipinski definition) is 12. The lowest BCUT2D eigenvalue weighted by Gasteiger charge is -2.32. The maximum absolute atomic E-state index is 13.7. The molecule has 2 aromatic heterocycles. The number of hydrogen-bond donors (Lipinski definition) is 4. The number of cyclic esters (lactones) is 1. The van der Waals surface area contributed by atoms with Crippen molar-refractivity contribution in [1.29, 1.82) is 0 Å². The van der Waals surface area contributed by atoms with Gasteiger partial charge in [0.25, 0.3) is 5.56 Å². The minimum Gasteiger partial charge on any atom is -0.481 e. The third-order valence-corrected chi connectivity index (χ3v) is 11.7. The van der Waals surface area contributed by atoms with Crippen molar-refractivity contribution in [1.82, 2.24) is 24.7 Å². The van der Waals surface area contributed by atoms with Gasteiger partial charge >= 0.3 is 30.1 Å². The summed E-state index contributed by atoms with van der Waals surface area (Å²) in [5.74, 6) is -3.94. The molecular weight excluding hydrogens is 782 g/mol.